The van der Waals surface area contributed by atoms with Gasteiger partial charge in [-0.2, -0.15) is 0 Å². The molecule has 0 unspecified atom stereocenters. The zero-order valence-electron chi connectivity index (χ0n) is 16.1. The molecule has 0 saturated carbocycles. The Bertz CT molecular complexity index is 942. The van der Waals surface area contributed by atoms with E-state index in [-0.39, 0.29) is 10.8 Å². The molecular formula is C20H26N2O3S. The van der Waals surface area contributed by atoms with Crippen molar-refractivity contribution in [3.63, 3.8) is 0 Å². The van der Waals surface area contributed by atoms with E-state index in [2.05, 4.69) is 10.0 Å². The van der Waals surface area contributed by atoms with E-state index in [1.165, 1.54) is 12.1 Å². The minimum atomic E-state index is -3.71. The minimum absolute atomic E-state index is 0.0733. The lowest BCUT2D eigenvalue weighted by Gasteiger charge is -2.21. The van der Waals surface area contributed by atoms with E-state index in [4.69, 9.17) is 0 Å². The van der Waals surface area contributed by atoms with Gasteiger partial charge in [0.15, 0.2) is 0 Å². The lowest BCUT2D eigenvalue weighted by atomic mass is 10.1. The quantitative estimate of drug-likeness (QED) is 0.851. The summed E-state index contributed by atoms with van der Waals surface area (Å²) < 4.78 is 27.7. The Morgan fingerprint density at radius 2 is 1.62 bits per heavy atom. The van der Waals surface area contributed by atoms with Crippen LogP contribution in [0.4, 0.5) is 5.69 Å². The molecule has 1 amide bonds. The zero-order chi connectivity index (χ0) is 19.7. The number of benzene rings is 2. The van der Waals surface area contributed by atoms with Crippen molar-refractivity contribution in [3.8, 4) is 0 Å². The van der Waals surface area contributed by atoms with Gasteiger partial charge in [-0.05, 0) is 76.4 Å². The fraction of sp³-hybridized carbons (Fsp3) is 0.350. The number of carbonyl (C=O) groups is 1. The van der Waals surface area contributed by atoms with E-state index in [0.29, 0.717) is 11.1 Å². The molecule has 26 heavy (non-hydrogen) atoms. The lowest BCUT2D eigenvalue weighted by Crippen LogP contribution is -2.40. The molecule has 0 heterocycles. The molecule has 2 rings (SSSR count). The van der Waals surface area contributed by atoms with Gasteiger partial charge in [-0.1, -0.05) is 18.2 Å². The van der Waals surface area contributed by atoms with Gasteiger partial charge < -0.3 is 5.32 Å². The molecule has 0 spiro atoms. The van der Waals surface area contributed by atoms with Crippen molar-refractivity contribution in [2.24, 2.45) is 0 Å². The van der Waals surface area contributed by atoms with Crippen molar-refractivity contribution in [1.82, 2.24) is 4.72 Å². The molecule has 0 fully saturated rings. The molecule has 0 aliphatic rings. The van der Waals surface area contributed by atoms with Crippen molar-refractivity contribution >= 4 is 21.6 Å². The zero-order valence-corrected chi connectivity index (χ0v) is 16.9. The Hall–Kier alpha value is -2.18. The first-order chi connectivity index (χ1) is 11.9. The largest absolute Gasteiger partial charge is 0.322 e. The van der Waals surface area contributed by atoms with Gasteiger partial charge in [0.05, 0.1) is 4.90 Å². The average Bonchev–Trinajstić information content (AvgIpc) is 2.49. The van der Waals surface area contributed by atoms with Crippen LogP contribution in [-0.4, -0.2) is 19.9 Å². The number of hydrogen-bond donors (Lipinski definition) is 2. The average molecular weight is 375 g/mol. The predicted octanol–water partition coefficient (Wildman–Crippen LogP) is 3.94. The van der Waals surface area contributed by atoms with E-state index in [1.807, 2.05) is 32.0 Å². The first-order valence-electron chi connectivity index (χ1n) is 8.43. The summed E-state index contributed by atoms with van der Waals surface area (Å²) in [4.78, 5) is 12.8. The van der Waals surface area contributed by atoms with Crippen molar-refractivity contribution in [1.29, 1.82) is 0 Å². The summed E-state index contributed by atoms with van der Waals surface area (Å²) in [6.45, 7) is 11.0. The molecule has 0 saturated heterocycles. The molecule has 0 atom stereocenters. The number of amides is 1. The first kappa shape index (κ1) is 20.1. The smallest absolute Gasteiger partial charge is 0.255 e. The van der Waals surface area contributed by atoms with Crippen LogP contribution in [0.2, 0.25) is 0 Å². The van der Waals surface area contributed by atoms with Crippen LogP contribution in [0, 0.1) is 20.8 Å². The van der Waals surface area contributed by atoms with Crippen molar-refractivity contribution < 1.29 is 13.2 Å². The fourth-order valence-electron chi connectivity index (χ4n) is 2.55. The molecule has 2 N–H and O–H groups in total. The maximum Gasteiger partial charge on any atom is 0.255 e. The first-order valence-corrected chi connectivity index (χ1v) is 9.91. The molecule has 2 aromatic carbocycles. The molecule has 2 aromatic rings. The van der Waals surface area contributed by atoms with Crippen molar-refractivity contribution in [2.45, 2.75) is 52.0 Å². The maximum atomic E-state index is 12.7. The number of nitrogens with one attached hydrogen (secondary N) is 2. The van der Waals surface area contributed by atoms with Crippen LogP contribution in [0.15, 0.2) is 41.3 Å². The van der Waals surface area contributed by atoms with E-state index in [1.54, 1.807) is 33.8 Å². The van der Waals surface area contributed by atoms with Crippen LogP contribution >= 0.6 is 0 Å². The van der Waals surface area contributed by atoms with E-state index in [0.717, 1.165) is 16.8 Å². The summed E-state index contributed by atoms with van der Waals surface area (Å²) in [5, 5.41) is 2.88. The number of rotatable bonds is 4. The fourth-order valence-corrected chi connectivity index (χ4v) is 4.00. The van der Waals surface area contributed by atoms with Gasteiger partial charge in [-0.25, -0.2) is 13.1 Å². The van der Waals surface area contributed by atoms with Crippen LogP contribution < -0.4 is 10.0 Å². The van der Waals surface area contributed by atoms with Crippen molar-refractivity contribution in [2.75, 3.05) is 5.32 Å². The molecule has 0 aliphatic carbocycles. The molecule has 0 bridgehead atoms. The second-order valence-electron chi connectivity index (χ2n) is 7.53. The van der Waals surface area contributed by atoms with Crippen LogP contribution in [0.25, 0.3) is 0 Å². The van der Waals surface area contributed by atoms with Crippen molar-refractivity contribution in [3.05, 3.63) is 58.7 Å². The SMILES string of the molecule is Cc1ccc(S(=O)(=O)NC(C)(C)C)cc1C(=O)Nc1cccc(C)c1C. The van der Waals surface area contributed by atoms with Gasteiger partial charge in [0.2, 0.25) is 10.0 Å². The topological polar surface area (TPSA) is 75.3 Å². The number of hydrogen-bond acceptors (Lipinski definition) is 3. The Labute approximate surface area is 155 Å². The monoisotopic (exact) mass is 374 g/mol. The van der Waals surface area contributed by atoms with Gasteiger partial charge in [0.1, 0.15) is 0 Å². The number of anilines is 1. The van der Waals surface area contributed by atoms with Crippen LogP contribution in [-0.2, 0) is 10.0 Å². The van der Waals surface area contributed by atoms with E-state index in [9.17, 15) is 13.2 Å². The van der Waals surface area contributed by atoms with Crippen LogP contribution in [0.5, 0.6) is 0 Å². The molecular weight excluding hydrogens is 348 g/mol. The van der Waals surface area contributed by atoms with Gasteiger partial charge >= 0.3 is 0 Å². The molecule has 0 radical (unpaired) electrons. The molecule has 0 aromatic heterocycles. The Balaban J connectivity index is 2.38. The Morgan fingerprint density at radius 3 is 2.23 bits per heavy atom. The molecule has 0 aliphatic heterocycles. The third-order valence-electron chi connectivity index (χ3n) is 4.06. The summed E-state index contributed by atoms with van der Waals surface area (Å²) in [5.74, 6) is -0.330. The van der Waals surface area contributed by atoms with E-state index < -0.39 is 15.6 Å². The lowest BCUT2D eigenvalue weighted by molar-refractivity contribution is 0.102. The van der Waals surface area contributed by atoms with E-state index >= 15 is 0 Å². The Morgan fingerprint density at radius 1 is 0.962 bits per heavy atom. The van der Waals surface area contributed by atoms with Crippen LogP contribution in [0.1, 0.15) is 47.8 Å². The summed E-state index contributed by atoms with van der Waals surface area (Å²) in [5.41, 5.74) is 3.22. The van der Waals surface area contributed by atoms with Gasteiger partial charge in [0, 0.05) is 16.8 Å². The summed E-state index contributed by atoms with van der Waals surface area (Å²) in [7, 11) is -3.71. The molecule has 140 valence electrons. The second-order valence-corrected chi connectivity index (χ2v) is 9.22. The van der Waals surface area contributed by atoms with Gasteiger partial charge in [-0.3, -0.25) is 4.79 Å². The number of sulfonamides is 1. The highest BCUT2D eigenvalue weighted by Crippen LogP contribution is 2.22. The molecule has 6 heteroatoms. The molecule has 5 nitrogen and oxygen atoms in total. The maximum absolute atomic E-state index is 12.7. The highest BCUT2D eigenvalue weighted by Gasteiger charge is 2.23. The highest BCUT2D eigenvalue weighted by atomic mass is 32.2. The number of aryl methyl sites for hydroxylation is 2. The third-order valence-corrected chi connectivity index (χ3v) is 5.81. The van der Waals surface area contributed by atoms with Crippen LogP contribution in [0.3, 0.4) is 0 Å². The minimum Gasteiger partial charge on any atom is -0.322 e. The third kappa shape index (κ3) is 4.71. The second kappa shape index (κ2) is 7.21. The predicted molar refractivity (Wildman–Crippen MR) is 105 cm³/mol. The summed E-state index contributed by atoms with van der Waals surface area (Å²) >= 11 is 0. The normalized spacial score (nSPS) is 12.1. The van der Waals surface area contributed by atoms with Gasteiger partial charge in [-0.15, -0.1) is 0 Å². The summed E-state index contributed by atoms with van der Waals surface area (Å²) in [6.07, 6.45) is 0. The Kier molecular flexibility index (Phi) is 5.58. The summed E-state index contributed by atoms with van der Waals surface area (Å²) in [6, 6.07) is 10.3. The van der Waals surface area contributed by atoms with Gasteiger partial charge in [0.25, 0.3) is 5.91 Å². The standard InChI is InChI=1S/C20H26N2O3S/c1-13-8-7-9-18(15(13)3)21-19(23)17-12-16(11-10-14(17)2)26(24,25)22-20(4,5)6/h7-12,22H,1-6H3,(H,21,23). The highest BCUT2D eigenvalue weighted by molar-refractivity contribution is 7.89. The number of carbonyl (C=O) groups excluding carboxylic acids is 1.